The molecule has 17 heavy (non-hydrogen) atoms. The minimum absolute atomic E-state index is 0.00499. The lowest BCUT2D eigenvalue weighted by molar-refractivity contribution is -0.140. The third-order valence-corrected chi connectivity index (χ3v) is 2.42. The van der Waals surface area contributed by atoms with Gasteiger partial charge < -0.3 is 15.3 Å². The first-order valence-corrected chi connectivity index (χ1v) is 5.72. The van der Waals surface area contributed by atoms with Crippen LogP contribution in [-0.2, 0) is 4.79 Å². The summed E-state index contributed by atoms with van der Waals surface area (Å²) in [7, 11) is 0. The van der Waals surface area contributed by atoms with Crippen LogP contribution in [0, 0.1) is 5.92 Å². The lowest BCUT2D eigenvalue weighted by Gasteiger charge is -2.28. The van der Waals surface area contributed by atoms with Gasteiger partial charge in [-0.2, -0.15) is 0 Å². The van der Waals surface area contributed by atoms with E-state index in [2.05, 4.69) is 11.9 Å². The Labute approximate surface area is 102 Å². The molecule has 0 radical (unpaired) electrons. The lowest BCUT2D eigenvalue weighted by atomic mass is 10.1. The zero-order valence-corrected chi connectivity index (χ0v) is 10.9. The maximum Gasteiger partial charge on any atom is 0.326 e. The maximum atomic E-state index is 11.9. The first-order chi connectivity index (χ1) is 7.81. The van der Waals surface area contributed by atoms with Gasteiger partial charge in [0.15, 0.2) is 0 Å². The lowest BCUT2D eigenvalue weighted by Crippen LogP contribution is -2.52. The van der Waals surface area contributed by atoms with E-state index in [1.165, 1.54) is 4.90 Å². The van der Waals surface area contributed by atoms with Crippen LogP contribution in [0.4, 0.5) is 4.79 Å². The first kappa shape index (κ1) is 15.5. The first-order valence-electron chi connectivity index (χ1n) is 5.72. The molecule has 0 aliphatic carbocycles. The molecular formula is C12H22N2O3. The Bertz CT molecular complexity index is 287. The standard InChI is InChI=1S/C12H22N2O3/c1-6-7-14(9(4)5)12(17)13-10(8(2)3)11(15)16/h6,8-10H,1,7H2,2-5H3,(H,13,17)(H,15,16). The predicted octanol–water partition coefficient (Wildman–Crippen LogP) is 1.70. The highest BCUT2D eigenvalue weighted by Crippen LogP contribution is 2.05. The van der Waals surface area contributed by atoms with Crippen molar-refractivity contribution in [1.29, 1.82) is 0 Å². The molecule has 0 saturated heterocycles. The van der Waals surface area contributed by atoms with Gasteiger partial charge in [0, 0.05) is 12.6 Å². The van der Waals surface area contributed by atoms with Crippen molar-refractivity contribution in [3.63, 3.8) is 0 Å². The van der Waals surface area contributed by atoms with Crippen molar-refractivity contribution in [2.75, 3.05) is 6.54 Å². The molecule has 0 aliphatic rings. The fourth-order valence-electron chi connectivity index (χ4n) is 1.40. The predicted molar refractivity (Wildman–Crippen MR) is 66.8 cm³/mol. The van der Waals surface area contributed by atoms with Crippen LogP contribution in [0.15, 0.2) is 12.7 Å². The van der Waals surface area contributed by atoms with Crippen molar-refractivity contribution in [2.24, 2.45) is 5.92 Å². The molecule has 0 spiro atoms. The van der Waals surface area contributed by atoms with Gasteiger partial charge in [0.2, 0.25) is 0 Å². The highest BCUT2D eigenvalue weighted by atomic mass is 16.4. The molecule has 0 bridgehead atoms. The molecule has 1 unspecified atom stereocenters. The average molecular weight is 242 g/mol. The second kappa shape index (κ2) is 6.93. The summed E-state index contributed by atoms with van der Waals surface area (Å²) < 4.78 is 0. The number of rotatable bonds is 6. The minimum Gasteiger partial charge on any atom is -0.480 e. The number of amides is 2. The molecule has 0 saturated carbocycles. The van der Waals surface area contributed by atoms with E-state index in [0.717, 1.165) is 0 Å². The van der Waals surface area contributed by atoms with E-state index in [4.69, 9.17) is 5.11 Å². The van der Waals surface area contributed by atoms with Crippen molar-refractivity contribution in [1.82, 2.24) is 10.2 Å². The number of carboxylic acid groups (broad SMARTS) is 1. The number of carbonyl (C=O) groups is 2. The van der Waals surface area contributed by atoms with Gasteiger partial charge >= 0.3 is 12.0 Å². The summed E-state index contributed by atoms with van der Waals surface area (Å²) in [5.41, 5.74) is 0. The number of aliphatic carboxylic acids is 1. The van der Waals surface area contributed by atoms with Crippen molar-refractivity contribution in [3.05, 3.63) is 12.7 Å². The van der Waals surface area contributed by atoms with Crippen molar-refractivity contribution < 1.29 is 14.7 Å². The van der Waals surface area contributed by atoms with E-state index in [-0.39, 0.29) is 18.0 Å². The van der Waals surface area contributed by atoms with Crippen LogP contribution in [0.3, 0.4) is 0 Å². The van der Waals surface area contributed by atoms with Crippen LogP contribution in [0.5, 0.6) is 0 Å². The van der Waals surface area contributed by atoms with E-state index in [9.17, 15) is 9.59 Å². The molecule has 5 heteroatoms. The third-order valence-electron chi connectivity index (χ3n) is 2.42. The molecular weight excluding hydrogens is 220 g/mol. The van der Waals surface area contributed by atoms with Crippen LogP contribution in [0.25, 0.3) is 0 Å². The summed E-state index contributed by atoms with van der Waals surface area (Å²) in [5.74, 6) is -1.18. The quantitative estimate of drug-likeness (QED) is 0.696. The summed E-state index contributed by atoms with van der Waals surface area (Å²) in [6.07, 6.45) is 1.62. The summed E-state index contributed by atoms with van der Waals surface area (Å²) in [6, 6.07) is -1.25. The number of carbonyl (C=O) groups excluding carboxylic acids is 1. The number of carboxylic acids is 1. The largest absolute Gasteiger partial charge is 0.480 e. The zero-order valence-electron chi connectivity index (χ0n) is 10.9. The Kier molecular flexibility index (Phi) is 6.31. The SMILES string of the molecule is C=CCN(C(=O)NC(C(=O)O)C(C)C)C(C)C. The Morgan fingerprint density at radius 1 is 1.35 bits per heavy atom. The Morgan fingerprint density at radius 2 is 1.88 bits per heavy atom. The highest BCUT2D eigenvalue weighted by molar-refractivity contribution is 5.83. The van der Waals surface area contributed by atoms with Crippen LogP contribution in [0.1, 0.15) is 27.7 Å². The Morgan fingerprint density at radius 3 is 2.18 bits per heavy atom. The van der Waals surface area contributed by atoms with E-state index < -0.39 is 12.0 Å². The van der Waals surface area contributed by atoms with Crippen molar-refractivity contribution >= 4 is 12.0 Å². The number of hydrogen-bond acceptors (Lipinski definition) is 2. The molecule has 0 rings (SSSR count). The number of urea groups is 1. The molecule has 0 aromatic carbocycles. The average Bonchev–Trinajstić information content (AvgIpc) is 2.20. The van der Waals surface area contributed by atoms with Crippen molar-refractivity contribution in [3.8, 4) is 0 Å². The highest BCUT2D eigenvalue weighted by Gasteiger charge is 2.26. The van der Waals surface area contributed by atoms with Crippen molar-refractivity contribution in [2.45, 2.75) is 39.8 Å². The van der Waals surface area contributed by atoms with Gasteiger partial charge in [-0.3, -0.25) is 0 Å². The second-order valence-electron chi connectivity index (χ2n) is 4.54. The Balaban J connectivity index is 4.67. The molecule has 98 valence electrons. The third kappa shape index (κ3) is 4.89. The second-order valence-corrected chi connectivity index (χ2v) is 4.54. The fraction of sp³-hybridized carbons (Fsp3) is 0.667. The van der Waals surface area contributed by atoms with Crippen LogP contribution in [-0.4, -0.2) is 40.6 Å². The molecule has 2 amide bonds. The molecule has 5 nitrogen and oxygen atoms in total. The molecule has 2 N–H and O–H groups in total. The summed E-state index contributed by atoms with van der Waals surface area (Å²) >= 11 is 0. The topological polar surface area (TPSA) is 69.6 Å². The minimum atomic E-state index is -1.02. The summed E-state index contributed by atoms with van der Waals surface area (Å²) in [5, 5.41) is 11.5. The van der Waals surface area contributed by atoms with E-state index in [1.54, 1.807) is 19.9 Å². The van der Waals surface area contributed by atoms with E-state index in [1.807, 2.05) is 13.8 Å². The van der Waals surface area contributed by atoms with Crippen LogP contribution >= 0.6 is 0 Å². The molecule has 0 fully saturated rings. The fourth-order valence-corrected chi connectivity index (χ4v) is 1.40. The van der Waals surface area contributed by atoms with Gasteiger partial charge in [0.05, 0.1) is 0 Å². The smallest absolute Gasteiger partial charge is 0.326 e. The summed E-state index contributed by atoms with van der Waals surface area (Å²) in [4.78, 5) is 24.4. The zero-order chi connectivity index (χ0) is 13.6. The van der Waals surface area contributed by atoms with E-state index >= 15 is 0 Å². The number of nitrogens with zero attached hydrogens (tertiary/aromatic N) is 1. The summed E-state index contributed by atoms with van der Waals surface area (Å²) in [6.45, 7) is 11.2. The molecule has 0 aliphatic heterocycles. The number of hydrogen-bond donors (Lipinski definition) is 2. The number of nitrogens with one attached hydrogen (secondary N) is 1. The van der Waals surface area contributed by atoms with Gasteiger partial charge in [0.25, 0.3) is 0 Å². The normalized spacial score (nSPS) is 12.4. The van der Waals surface area contributed by atoms with Gasteiger partial charge in [-0.05, 0) is 19.8 Å². The molecule has 0 aromatic rings. The van der Waals surface area contributed by atoms with Gasteiger partial charge in [-0.15, -0.1) is 6.58 Å². The van der Waals surface area contributed by atoms with Crippen LogP contribution < -0.4 is 5.32 Å². The van der Waals surface area contributed by atoms with Gasteiger partial charge in [-0.25, -0.2) is 9.59 Å². The monoisotopic (exact) mass is 242 g/mol. The maximum absolute atomic E-state index is 11.9. The van der Waals surface area contributed by atoms with E-state index in [0.29, 0.717) is 6.54 Å². The molecule has 1 atom stereocenters. The van der Waals surface area contributed by atoms with Crippen LogP contribution in [0.2, 0.25) is 0 Å². The molecule has 0 heterocycles. The van der Waals surface area contributed by atoms with Gasteiger partial charge in [0.1, 0.15) is 6.04 Å². The van der Waals surface area contributed by atoms with Gasteiger partial charge in [-0.1, -0.05) is 19.9 Å². The Hall–Kier alpha value is -1.52. The molecule has 0 aromatic heterocycles.